The molecule has 0 spiro atoms. The Bertz CT molecular complexity index is 915. The SMILES string of the molecule is N#C/C(=C\c1ccc2cccc(N3CC3)c2c1)C(=O)NCC(O)C(O)CO. The van der Waals surface area contributed by atoms with Gasteiger partial charge < -0.3 is 25.5 Å². The highest BCUT2D eigenvalue weighted by molar-refractivity contribution is 6.03. The molecular formula is C20H21N3O4. The topological polar surface area (TPSA) is 117 Å². The summed E-state index contributed by atoms with van der Waals surface area (Å²) in [6.07, 6.45) is -1.17. The second-order valence-corrected chi connectivity index (χ2v) is 6.44. The summed E-state index contributed by atoms with van der Waals surface area (Å²) in [4.78, 5) is 14.4. The van der Waals surface area contributed by atoms with Crippen LogP contribution in [0.3, 0.4) is 0 Å². The zero-order valence-electron chi connectivity index (χ0n) is 14.7. The number of rotatable bonds is 7. The summed E-state index contributed by atoms with van der Waals surface area (Å²) in [5.41, 5.74) is 1.75. The van der Waals surface area contributed by atoms with Crippen molar-refractivity contribution in [3.63, 3.8) is 0 Å². The van der Waals surface area contributed by atoms with E-state index in [1.54, 1.807) is 0 Å². The number of anilines is 1. The van der Waals surface area contributed by atoms with Gasteiger partial charge in [-0.25, -0.2) is 0 Å². The van der Waals surface area contributed by atoms with Crippen molar-refractivity contribution in [2.24, 2.45) is 0 Å². The summed E-state index contributed by atoms with van der Waals surface area (Å²) in [6.45, 7) is 1.16. The van der Waals surface area contributed by atoms with E-state index in [0.29, 0.717) is 0 Å². The summed E-state index contributed by atoms with van der Waals surface area (Å²) >= 11 is 0. The predicted octanol–water partition coefficient (Wildman–Crippen LogP) is 0.397. The quantitative estimate of drug-likeness (QED) is 0.320. The summed E-state index contributed by atoms with van der Waals surface area (Å²) in [5.74, 6) is -0.652. The molecule has 1 aliphatic rings. The molecule has 27 heavy (non-hydrogen) atoms. The fourth-order valence-corrected chi connectivity index (χ4v) is 2.80. The maximum absolute atomic E-state index is 12.2. The molecule has 2 atom stereocenters. The number of aliphatic hydroxyl groups is 3. The number of carbonyl (C=O) groups excluding carboxylic acids is 1. The van der Waals surface area contributed by atoms with Crippen molar-refractivity contribution in [3.8, 4) is 6.07 Å². The lowest BCUT2D eigenvalue weighted by molar-refractivity contribution is -0.118. The van der Waals surface area contributed by atoms with Gasteiger partial charge in [0.05, 0.1) is 12.7 Å². The van der Waals surface area contributed by atoms with Gasteiger partial charge in [-0.3, -0.25) is 4.79 Å². The number of hydrogen-bond acceptors (Lipinski definition) is 6. The number of benzene rings is 2. The van der Waals surface area contributed by atoms with Crippen molar-refractivity contribution in [2.75, 3.05) is 31.1 Å². The van der Waals surface area contributed by atoms with Crippen molar-refractivity contribution in [1.29, 1.82) is 5.26 Å². The molecule has 0 aromatic heterocycles. The molecule has 3 rings (SSSR count). The fraction of sp³-hybridized carbons (Fsp3) is 0.300. The van der Waals surface area contributed by atoms with E-state index >= 15 is 0 Å². The van der Waals surface area contributed by atoms with Crippen LogP contribution < -0.4 is 10.2 Å². The molecule has 7 nitrogen and oxygen atoms in total. The summed E-state index contributed by atoms with van der Waals surface area (Å²) < 4.78 is 0. The van der Waals surface area contributed by atoms with Crippen LogP contribution in [0.5, 0.6) is 0 Å². The first-order chi connectivity index (χ1) is 13.0. The zero-order valence-corrected chi connectivity index (χ0v) is 14.7. The number of amides is 1. The van der Waals surface area contributed by atoms with Crippen molar-refractivity contribution in [1.82, 2.24) is 5.32 Å². The van der Waals surface area contributed by atoms with Gasteiger partial charge in [-0.15, -0.1) is 0 Å². The van der Waals surface area contributed by atoms with Gasteiger partial charge in [0, 0.05) is 30.7 Å². The summed E-state index contributed by atoms with van der Waals surface area (Å²) in [6, 6.07) is 13.7. The van der Waals surface area contributed by atoms with E-state index < -0.39 is 24.7 Å². The van der Waals surface area contributed by atoms with E-state index in [1.165, 1.54) is 6.08 Å². The number of nitriles is 1. The third-order valence-electron chi connectivity index (χ3n) is 4.45. The summed E-state index contributed by atoms with van der Waals surface area (Å²) in [5, 5.41) is 41.5. The van der Waals surface area contributed by atoms with Gasteiger partial charge in [-0.2, -0.15) is 5.26 Å². The van der Waals surface area contributed by atoms with E-state index in [1.807, 2.05) is 36.4 Å². The first-order valence-electron chi connectivity index (χ1n) is 8.68. The van der Waals surface area contributed by atoms with Crippen LogP contribution in [0, 0.1) is 11.3 Å². The number of aliphatic hydroxyl groups excluding tert-OH is 3. The van der Waals surface area contributed by atoms with Gasteiger partial charge >= 0.3 is 0 Å². The number of nitrogens with one attached hydrogen (secondary N) is 1. The Morgan fingerprint density at radius 3 is 2.70 bits per heavy atom. The van der Waals surface area contributed by atoms with Crippen LogP contribution in [0.25, 0.3) is 16.8 Å². The molecule has 7 heteroatoms. The average Bonchev–Trinajstić information content (AvgIpc) is 3.53. The molecule has 0 bridgehead atoms. The van der Waals surface area contributed by atoms with Crippen LogP contribution in [0.15, 0.2) is 42.0 Å². The standard InChI is InChI=1S/C20H21N3O4/c21-10-15(20(27)22-11-18(25)19(26)12-24)8-13-4-5-14-2-1-3-17(16(14)9-13)23-6-7-23/h1-5,8-9,18-19,24-26H,6-7,11-12H2,(H,22,27)/b15-8+. The molecule has 0 radical (unpaired) electrons. The third kappa shape index (κ3) is 4.44. The van der Waals surface area contributed by atoms with Crippen LogP contribution in [0.4, 0.5) is 5.69 Å². The number of carbonyl (C=O) groups is 1. The molecule has 4 N–H and O–H groups in total. The van der Waals surface area contributed by atoms with Gasteiger partial charge in [-0.05, 0) is 29.2 Å². The van der Waals surface area contributed by atoms with Crippen LogP contribution >= 0.6 is 0 Å². The smallest absolute Gasteiger partial charge is 0.262 e. The minimum absolute atomic E-state index is 0.107. The van der Waals surface area contributed by atoms with Gasteiger partial charge in [0.15, 0.2) is 0 Å². The van der Waals surface area contributed by atoms with E-state index in [-0.39, 0.29) is 12.1 Å². The number of hydrogen-bond donors (Lipinski definition) is 4. The summed E-state index contributed by atoms with van der Waals surface area (Å²) in [7, 11) is 0. The Balaban J connectivity index is 1.80. The minimum Gasteiger partial charge on any atom is -0.394 e. The highest BCUT2D eigenvalue weighted by Crippen LogP contribution is 2.31. The van der Waals surface area contributed by atoms with Crippen LogP contribution in [0.2, 0.25) is 0 Å². The van der Waals surface area contributed by atoms with Crippen molar-refractivity contribution in [2.45, 2.75) is 12.2 Å². The molecule has 0 aliphatic carbocycles. The van der Waals surface area contributed by atoms with E-state index in [9.17, 15) is 20.3 Å². The Hall–Kier alpha value is -2.92. The molecular weight excluding hydrogens is 346 g/mol. The van der Waals surface area contributed by atoms with E-state index in [0.717, 1.165) is 35.1 Å². The average molecular weight is 367 g/mol. The van der Waals surface area contributed by atoms with Crippen LogP contribution in [-0.2, 0) is 4.79 Å². The van der Waals surface area contributed by atoms with Crippen molar-refractivity contribution >= 4 is 28.4 Å². The fourth-order valence-electron chi connectivity index (χ4n) is 2.80. The molecule has 2 aromatic carbocycles. The first-order valence-corrected chi connectivity index (χ1v) is 8.68. The van der Waals surface area contributed by atoms with Gasteiger partial charge in [0.2, 0.25) is 0 Å². The number of fused-ring (bicyclic) bond motifs is 1. The molecule has 1 fully saturated rings. The van der Waals surface area contributed by atoms with E-state index in [4.69, 9.17) is 5.11 Å². The lowest BCUT2D eigenvalue weighted by atomic mass is 10.0. The molecule has 2 aromatic rings. The number of nitrogens with zero attached hydrogens (tertiary/aromatic N) is 2. The van der Waals surface area contributed by atoms with Crippen LogP contribution in [0.1, 0.15) is 5.56 Å². The lowest BCUT2D eigenvalue weighted by Gasteiger charge is -2.15. The Morgan fingerprint density at radius 1 is 1.26 bits per heavy atom. The molecule has 1 saturated heterocycles. The van der Waals surface area contributed by atoms with Crippen molar-refractivity contribution < 1.29 is 20.1 Å². The third-order valence-corrected chi connectivity index (χ3v) is 4.45. The predicted molar refractivity (Wildman–Crippen MR) is 102 cm³/mol. The van der Waals surface area contributed by atoms with Crippen LogP contribution in [-0.4, -0.2) is 59.7 Å². The molecule has 140 valence electrons. The Kier molecular flexibility index (Phi) is 5.72. The molecule has 2 unspecified atom stereocenters. The molecule has 1 amide bonds. The Morgan fingerprint density at radius 2 is 2.04 bits per heavy atom. The van der Waals surface area contributed by atoms with Gasteiger partial charge in [0.25, 0.3) is 5.91 Å². The largest absolute Gasteiger partial charge is 0.394 e. The lowest BCUT2D eigenvalue weighted by Crippen LogP contribution is -2.40. The zero-order chi connectivity index (χ0) is 19.4. The monoisotopic (exact) mass is 367 g/mol. The van der Waals surface area contributed by atoms with Crippen molar-refractivity contribution in [3.05, 3.63) is 47.5 Å². The van der Waals surface area contributed by atoms with E-state index in [2.05, 4.69) is 16.3 Å². The normalized spacial score (nSPS) is 15.9. The second kappa shape index (κ2) is 8.18. The van der Waals surface area contributed by atoms with Gasteiger partial charge in [0.1, 0.15) is 17.7 Å². The first kappa shape index (κ1) is 18.9. The molecule has 0 saturated carbocycles. The maximum atomic E-state index is 12.2. The second-order valence-electron chi connectivity index (χ2n) is 6.44. The highest BCUT2D eigenvalue weighted by Gasteiger charge is 2.20. The molecule has 1 heterocycles. The highest BCUT2D eigenvalue weighted by atomic mass is 16.4. The maximum Gasteiger partial charge on any atom is 0.262 e. The minimum atomic E-state index is -1.35. The Labute approximate surface area is 156 Å². The molecule has 1 aliphatic heterocycles. The van der Waals surface area contributed by atoms with Gasteiger partial charge in [-0.1, -0.05) is 24.3 Å².